The van der Waals surface area contributed by atoms with Crippen LogP contribution in [-0.4, -0.2) is 31.7 Å². The van der Waals surface area contributed by atoms with E-state index in [9.17, 15) is 4.79 Å². The number of amides is 1. The number of carbonyl (C=O) groups is 1. The zero-order chi connectivity index (χ0) is 10.7. The first-order valence-electron chi connectivity index (χ1n) is 5.87. The summed E-state index contributed by atoms with van der Waals surface area (Å²) in [4.78, 5) is 11.9. The maximum absolute atomic E-state index is 11.9. The minimum absolute atomic E-state index is 0.131. The molecule has 3 N–H and O–H groups in total. The second kappa shape index (κ2) is 4.49. The van der Waals surface area contributed by atoms with Crippen LogP contribution < -0.4 is 11.1 Å². The van der Waals surface area contributed by atoms with Gasteiger partial charge in [0, 0.05) is 19.7 Å². The Kier molecular flexibility index (Phi) is 3.26. The van der Waals surface area contributed by atoms with Gasteiger partial charge in [0.25, 0.3) is 0 Å². The van der Waals surface area contributed by atoms with Crippen LogP contribution in [0.4, 0.5) is 0 Å². The Bertz CT molecular complexity index is 227. The highest BCUT2D eigenvalue weighted by Crippen LogP contribution is 2.39. The summed E-state index contributed by atoms with van der Waals surface area (Å²) in [5.74, 6) is 0.131. The number of hydrogen-bond acceptors (Lipinski definition) is 3. The van der Waals surface area contributed by atoms with Crippen molar-refractivity contribution in [1.29, 1.82) is 0 Å². The first-order valence-corrected chi connectivity index (χ1v) is 5.87. The first kappa shape index (κ1) is 10.9. The van der Waals surface area contributed by atoms with Gasteiger partial charge in [-0.2, -0.15) is 0 Å². The highest BCUT2D eigenvalue weighted by molar-refractivity contribution is 5.83. The van der Waals surface area contributed by atoms with Crippen molar-refractivity contribution >= 4 is 5.91 Å². The minimum atomic E-state index is -0.251. The van der Waals surface area contributed by atoms with E-state index in [2.05, 4.69) is 5.32 Å². The molecule has 1 saturated carbocycles. The predicted molar refractivity (Wildman–Crippen MR) is 57.3 cm³/mol. The molecule has 86 valence electrons. The Morgan fingerprint density at radius 3 is 2.73 bits per heavy atom. The Morgan fingerprint density at radius 2 is 2.27 bits per heavy atom. The van der Waals surface area contributed by atoms with E-state index < -0.39 is 0 Å². The van der Waals surface area contributed by atoms with Crippen LogP contribution in [-0.2, 0) is 9.53 Å². The minimum Gasteiger partial charge on any atom is -0.376 e. The average Bonchev–Trinajstić information content (AvgIpc) is 2.66. The average molecular weight is 212 g/mol. The highest BCUT2D eigenvalue weighted by Gasteiger charge is 2.42. The Morgan fingerprint density at radius 1 is 1.47 bits per heavy atom. The summed E-state index contributed by atoms with van der Waals surface area (Å²) in [6, 6.07) is 0. The molecule has 1 atom stereocenters. The van der Waals surface area contributed by atoms with Crippen molar-refractivity contribution in [2.24, 2.45) is 11.1 Å². The van der Waals surface area contributed by atoms with E-state index in [1.165, 1.54) is 0 Å². The van der Waals surface area contributed by atoms with Gasteiger partial charge in [-0.1, -0.05) is 6.42 Å². The van der Waals surface area contributed by atoms with Gasteiger partial charge in [-0.05, 0) is 25.7 Å². The molecule has 2 fully saturated rings. The third-order valence-electron chi connectivity index (χ3n) is 3.70. The molecule has 0 aromatic rings. The molecule has 0 spiro atoms. The lowest BCUT2D eigenvalue weighted by Gasteiger charge is -2.39. The summed E-state index contributed by atoms with van der Waals surface area (Å²) >= 11 is 0. The largest absolute Gasteiger partial charge is 0.376 e. The molecule has 0 aromatic heterocycles. The number of rotatable bonds is 4. The number of ether oxygens (including phenoxy) is 1. The van der Waals surface area contributed by atoms with Crippen molar-refractivity contribution < 1.29 is 9.53 Å². The van der Waals surface area contributed by atoms with Crippen LogP contribution in [0.5, 0.6) is 0 Å². The lowest BCUT2D eigenvalue weighted by Crippen LogP contribution is -2.51. The second-order valence-electron chi connectivity index (χ2n) is 4.68. The summed E-state index contributed by atoms with van der Waals surface area (Å²) in [6.07, 6.45) is 5.42. The number of nitrogens with one attached hydrogen (secondary N) is 1. The van der Waals surface area contributed by atoms with Crippen molar-refractivity contribution in [1.82, 2.24) is 5.32 Å². The van der Waals surface area contributed by atoms with Crippen molar-refractivity contribution in [2.45, 2.75) is 38.2 Å². The quantitative estimate of drug-likeness (QED) is 0.709. The first-order chi connectivity index (χ1) is 7.27. The van der Waals surface area contributed by atoms with E-state index >= 15 is 0 Å². The van der Waals surface area contributed by atoms with Crippen molar-refractivity contribution in [3.63, 3.8) is 0 Å². The molecule has 1 aliphatic carbocycles. The molecule has 2 rings (SSSR count). The van der Waals surface area contributed by atoms with Crippen LogP contribution in [0, 0.1) is 5.41 Å². The fourth-order valence-electron chi connectivity index (χ4n) is 2.33. The van der Waals surface area contributed by atoms with Gasteiger partial charge in [0.15, 0.2) is 0 Å². The van der Waals surface area contributed by atoms with E-state index in [-0.39, 0.29) is 17.4 Å². The lowest BCUT2D eigenvalue weighted by molar-refractivity contribution is -0.135. The molecule has 1 unspecified atom stereocenters. The van der Waals surface area contributed by atoms with Gasteiger partial charge < -0.3 is 15.8 Å². The van der Waals surface area contributed by atoms with Crippen LogP contribution in [0.25, 0.3) is 0 Å². The van der Waals surface area contributed by atoms with Gasteiger partial charge in [0.2, 0.25) is 5.91 Å². The highest BCUT2D eigenvalue weighted by atomic mass is 16.5. The van der Waals surface area contributed by atoms with Gasteiger partial charge in [-0.15, -0.1) is 0 Å². The topological polar surface area (TPSA) is 64.4 Å². The summed E-state index contributed by atoms with van der Waals surface area (Å²) in [5.41, 5.74) is 5.41. The van der Waals surface area contributed by atoms with Crippen molar-refractivity contribution in [2.75, 3.05) is 19.7 Å². The molecule has 15 heavy (non-hydrogen) atoms. The van der Waals surface area contributed by atoms with Gasteiger partial charge in [0.1, 0.15) is 0 Å². The number of hydrogen-bond donors (Lipinski definition) is 2. The molecular weight excluding hydrogens is 192 g/mol. The molecule has 2 aliphatic rings. The predicted octanol–water partition coefficient (Wildman–Crippen LogP) is 0.411. The standard InChI is InChI=1S/C11H20N2O2/c12-8-11(4-2-5-11)10(14)13-7-9-3-1-6-15-9/h9H,1-8,12H2,(H,13,14). The molecule has 1 heterocycles. The van der Waals surface area contributed by atoms with E-state index in [0.29, 0.717) is 13.1 Å². The van der Waals surface area contributed by atoms with Crippen molar-refractivity contribution in [3.8, 4) is 0 Å². The van der Waals surface area contributed by atoms with Crippen LogP contribution >= 0.6 is 0 Å². The van der Waals surface area contributed by atoms with E-state index in [1.54, 1.807) is 0 Å². The van der Waals surface area contributed by atoms with E-state index in [0.717, 1.165) is 38.7 Å². The molecule has 1 amide bonds. The van der Waals surface area contributed by atoms with Gasteiger partial charge >= 0.3 is 0 Å². The Labute approximate surface area is 90.5 Å². The molecule has 4 heteroatoms. The van der Waals surface area contributed by atoms with Gasteiger partial charge in [-0.3, -0.25) is 4.79 Å². The van der Waals surface area contributed by atoms with Crippen LogP contribution in [0.1, 0.15) is 32.1 Å². The molecule has 0 aromatic carbocycles. The SMILES string of the molecule is NCC1(C(=O)NCC2CCCO2)CCC1. The van der Waals surface area contributed by atoms with Gasteiger partial charge in [0.05, 0.1) is 11.5 Å². The molecule has 1 aliphatic heterocycles. The summed E-state index contributed by atoms with van der Waals surface area (Å²) in [7, 11) is 0. The second-order valence-corrected chi connectivity index (χ2v) is 4.68. The number of nitrogens with two attached hydrogens (primary N) is 1. The van der Waals surface area contributed by atoms with E-state index in [4.69, 9.17) is 10.5 Å². The third kappa shape index (κ3) is 2.16. The monoisotopic (exact) mass is 212 g/mol. The van der Waals surface area contributed by atoms with Crippen molar-refractivity contribution in [3.05, 3.63) is 0 Å². The molecule has 1 saturated heterocycles. The van der Waals surface area contributed by atoms with E-state index in [1.807, 2.05) is 0 Å². The summed E-state index contributed by atoms with van der Waals surface area (Å²) < 4.78 is 5.46. The fraction of sp³-hybridized carbons (Fsp3) is 0.909. The fourth-order valence-corrected chi connectivity index (χ4v) is 2.33. The summed E-state index contributed by atoms with van der Waals surface area (Å²) in [6.45, 7) is 1.97. The maximum Gasteiger partial charge on any atom is 0.227 e. The van der Waals surface area contributed by atoms with Crippen LogP contribution in [0.2, 0.25) is 0 Å². The van der Waals surface area contributed by atoms with Crippen LogP contribution in [0.15, 0.2) is 0 Å². The molecule has 0 bridgehead atoms. The smallest absolute Gasteiger partial charge is 0.227 e. The zero-order valence-electron chi connectivity index (χ0n) is 9.13. The lowest BCUT2D eigenvalue weighted by atomic mass is 9.68. The Hall–Kier alpha value is -0.610. The number of carbonyl (C=O) groups excluding carboxylic acids is 1. The normalized spacial score (nSPS) is 28.5. The summed E-state index contributed by atoms with van der Waals surface area (Å²) in [5, 5.41) is 2.97. The van der Waals surface area contributed by atoms with Gasteiger partial charge in [-0.25, -0.2) is 0 Å². The zero-order valence-corrected chi connectivity index (χ0v) is 9.13. The van der Waals surface area contributed by atoms with Crippen LogP contribution in [0.3, 0.4) is 0 Å². The molecule has 4 nitrogen and oxygen atoms in total. The Balaban J connectivity index is 1.76. The maximum atomic E-state index is 11.9. The molecular formula is C11H20N2O2. The molecule has 0 radical (unpaired) electrons. The third-order valence-corrected chi connectivity index (χ3v) is 3.70.